The number of amides is 1. The topological polar surface area (TPSA) is 65.8 Å². The Hall–Kier alpha value is -2.84. The van der Waals surface area contributed by atoms with Crippen molar-refractivity contribution in [3.63, 3.8) is 0 Å². The van der Waals surface area contributed by atoms with E-state index in [2.05, 4.69) is 30.2 Å². The van der Waals surface area contributed by atoms with E-state index < -0.39 is 0 Å². The quantitative estimate of drug-likeness (QED) is 0.617. The number of carbonyl (C=O) groups is 1. The molecule has 5 heteroatoms. The summed E-state index contributed by atoms with van der Waals surface area (Å²) in [6.45, 7) is 6.27. The summed E-state index contributed by atoms with van der Waals surface area (Å²) < 4.78 is 0. The number of nitriles is 1. The molecule has 3 aromatic rings. The molecule has 3 rings (SSSR count). The van der Waals surface area contributed by atoms with Crippen molar-refractivity contribution in [2.75, 3.05) is 11.1 Å². The first kappa shape index (κ1) is 18.9. The third-order valence-corrected chi connectivity index (χ3v) is 5.25. The van der Waals surface area contributed by atoms with Gasteiger partial charge < -0.3 is 5.32 Å². The van der Waals surface area contributed by atoms with Gasteiger partial charge in [0, 0.05) is 11.1 Å². The van der Waals surface area contributed by atoms with E-state index in [-0.39, 0.29) is 11.7 Å². The monoisotopic (exact) mass is 375 g/mol. The zero-order chi connectivity index (χ0) is 19.4. The van der Waals surface area contributed by atoms with Crippen LogP contribution in [0.4, 0.5) is 5.69 Å². The highest BCUT2D eigenvalue weighted by Gasteiger charge is 2.11. The number of aromatic nitrogens is 1. The number of anilines is 1. The number of hydrogen-bond donors (Lipinski definition) is 1. The molecule has 2 aromatic carbocycles. The molecule has 4 nitrogen and oxygen atoms in total. The Labute approximate surface area is 163 Å². The first-order chi connectivity index (χ1) is 13.0. The van der Waals surface area contributed by atoms with Crippen LogP contribution in [0, 0.1) is 18.3 Å². The fourth-order valence-electron chi connectivity index (χ4n) is 2.75. The van der Waals surface area contributed by atoms with Crippen molar-refractivity contribution in [2.24, 2.45) is 0 Å². The Kier molecular flexibility index (Phi) is 5.78. The van der Waals surface area contributed by atoms with E-state index >= 15 is 0 Å². The van der Waals surface area contributed by atoms with Crippen LogP contribution in [0.3, 0.4) is 0 Å². The van der Waals surface area contributed by atoms with Crippen molar-refractivity contribution in [1.82, 2.24) is 4.98 Å². The van der Waals surface area contributed by atoms with Gasteiger partial charge in [-0.05, 0) is 48.7 Å². The maximum Gasteiger partial charge on any atom is 0.234 e. The zero-order valence-corrected chi connectivity index (χ0v) is 16.4. The maximum atomic E-state index is 12.3. The van der Waals surface area contributed by atoms with Gasteiger partial charge in [-0.25, -0.2) is 4.98 Å². The van der Waals surface area contributed by atoms with Crippen LogP contribution in [0.25, 0.3) is 10.9 Å². The highest BCUT2D eigenvalue weighted by atomic mass is 32.2. The minimum atomic E-state index is -0.119. The van der Waals surface area contributed by atoms with Crippen LogP contribution in [0.5, 0.6) is 0 Å². The molecule has 1 aromatic heterocycles. The molecule has 136 valence electrons. The van der Waals surface area contributed by atoms with E-state index in [4.69, 9.17) is 0 Å². The second-order valence-corrected chi connectivity index (χ2v) is 7.73. The van der Waals surface area contributed by atoms with Gasteiger partial charge in [0.25, 0.3) is 0 Å². The number of thioether (sulfide) groups is 1. The number of carbonyl (C=O) groups excluding carboxylic acids is 1. The third-order valence-electron chi connectivity index (χ3n) is 4.26. The first-order valence-corrected chi connectivity index (χ1v) is 9.79. The Balaban J connectivity index is 1.69. The van der Waals surface area contributed by atoms with E-state index in [1.807, 2.05) is 55.5 Å². The molecule has 27 heavy (non-hydrogen) atoms. The van der Waals surface area contributed by atoms with Crippen molar-refractivity contribution in [3.8, 4) is 6.07 Å². The summed E-state index contributed by atoms with van der Waals surface area (Å²) in [5, 5.41) is 13.8. The van der Waals surface area contributed by atoms with Gasteiger partial charge in [0.1, 0.15) is 11.1 Å². The van der Waals surface area contributed by atoms with Crippen LogP contribution in [0.15, 0.2) is 53.6 Å². The molecule has 0 fully saturated rings. The number of rotatable bonds is 5. The predicted molar refractivity (Wildman–Crippen MR) is 111 cm³/mol. The molecular weight excluding hydrogens is 354 g/mol. The molecule has 0 unspecified atom stereocenters. The van der Waals surface area contributed by atoms with Crippen LogP contribution in [0.2, 0.25) is 0 Å². The Morgan fingerprint density at radius 1 is 1.19 bits per heavy atom. The summed E-state index contributed by atoms with van der Waals surface area (Å²) in [5.74, 6) is 0.537. The van der Waals surface area contributed by atoms with Gasteiger partial charge in [0.05, 0.1) is 16.8 Å². The smallest absolute Gasteiger partial charge is 0.234 e. The molecule has 0 radical (unpaired) electrons. The molecule has 0 aliphatic carbocycles. The minimum absolute atomic E-state index is 0.119. The molecule has 1 amide bonds. The average Bonchev–Trinajstić information content (AvgIpc) is 2.66. The fourth-order valence-corrected chi connectivity index (χ4v) is 3.51. The van der Waals surface area contributed by atoms with Gasteiger partial charge in [-0.15, -0.1) is 0 Å². The number of aryl methyl sites for hydroxylation is 1. The summed E-state index contributed by atoms with van der Waals surface area (Å²) in [7, 11) is 0. The molecule has 0 aliphatic heterocycles. The summed E-state index contributed by atoms with van der Waals surface area (Å²) in [4.78, 5) is 16.8. The molecule has 1 heterocycles. The lowest BCUT2D eigenvalue weighted by atomic mass is 10.0. The van der Waals surface area contributed by atoms with Gasteiger partial charge in [0.2, 0.25) is 5.91 Å². The molecule has 0 aliphatic rings. The van der Waals surface area contributed by atoms with Crippen molar-refractivity contribution < 1.29 is 4.79 Å². The van der Waals surface area contributed by atoms with Gasteiger partial charge in [-0.3, -0.25) is 4.79 Å². The van der Waals surface area contributed by atoms with Gasteiger partial charge in [0.15, 0.2) is 0 Å². The van der Waals surface area contributed by atoms with Gasteiger partial charge in [-0.2, -0.15) is 5.26 Å². The summed E-state index contributed by atoms with van der Waals surface area (Å²) in [6.07, 6.45) is 0. The minimum Gasteiger partial charge on any atom is -0.325 e. The Bertz CT molecular complexity index is 1020. The SMILES string of the molecule is Cc1ccc2nc(SCC(=O)Nc3ccc(C(C)C)cc3)c(C#N)cc2c1. The number of hydrogen-bond acceptors (Lipinski definition) is 4. The predicted octanol–water partition coefficient (Wildman–Crippen LogP) is 5.27. The zero-order valence-electron chi connectivity index (χ0n) is 15.6. The number of nitrogens with one attached hydrogen (secondary N) is 1. The van der Waals surface area contributed by atoms with Crippen LogP contribution >= 0.6 is 11.8 Å². The van der Waals surface area contributed by atoms with Crippen molar-refractivity contribution in [3.05, 3.63) is 65.2 Å². The maximum absolute atomic E-state index is 12.3. The van der Waals surface area contributed by atoms with Crippen molar-refractivity contribution in [1.29, 1.82) is 5.26 Å². The Morgan fingerprint density at radius 3 is 2.59 bits per heavy atom. The molecule has 0 atom stereocenters. The lowest BCUT2D eigenvalue weighted by molar-refractivity contribution is -0.113. The summed E-state index contributed by atoms with van der Waals surface area (Å²) >= 11 is 1.28. The van der Waals surface area contributed by atoms with E-state index in [9.17, 15) is 10.1 Å². The number of fused-ring (bicyclic) bond motifs is 1. The number of benzene rings is 2. The standard InChI is InChI=1S/C22H21N3OS/c1-14(2)16-5-7-19(8-6-16)24-21(26)13-27-22-18(12-23)11-17-10-15(3)4-9-20(17)25-22/h4-11,14H,13H2,1-3H3,(H,24,26). The number of nitrogens with zero attached hydrogens (tertiary/aromatic N) is 2. The highest BCUT2D eigenvalue weighted by molar-refractivity contribution is 8.00. The molecular formula is C22H21N3OS. The lowest BCUT2D eigenvalue weighted by Gasteiger charge is -2.09. The largest absolute Gasteiger partial charge is 0.325 e. The van der Waals surface area contributed by atoms with Crippen molar-refractivity contribution >= 4 is 34.3 Å². The van der Waals surface area contributed by atoms with Crippen LogP contribution in [-0.4, -0.2) is 16.6 Å². The molecule has 0 bridgehead atoms. The van der Waals surface area contributed by atoms with E-state index in [0.717, 1.165) is 22.2 Å². The molecule has 0 spiro atoms. The van der Waals surface area contributed by atoms with E-state index in [1.165, 1.54) is 17.3 Å². The molecule has 1 N–H and O–H groups in total. The summed E-state index contributed by atoms with van der Waals surface area (Å²) in [6, 6.07) is 17.8. The normalized spacial score (nSPS) is 10.8. The fraction of sp³-hybridized carbons (Fsp3) is 0.227. The lowest BCUT2D eigenvalue weighted by Crippen LogP contribution is -2.14. The first-order valence-electron chi connectivity index (χ1n) is 8.80. The van der Waals surface area contributed by atoms with Gasteiger partial charge in [-0.1, -0.05) is 49.4 Å². The summed E-state index contributed by atoms with van der Waals surface area (Å²) in [5.41, 5.74) is 4.44. The second-order valence-electron chi connectivity index (χ2n) is 6.76. The van der Waals surface area contributed by atoms with Crippen LogP contribution in [-0.2, 0) is 4.79 Å². The third kappa shape index (κ3) is 4.66. The van der Waals surface area contributed by atoms with Crippen LogP contribution in [0.1, 0.15) is 36.5 Å². The molecule has 0 saturated heterocycles. The van der Waals surface area contributed by atoms with E-state index in [0.29, 0.717) is 16.5 Å². The number of pyridine rings is 1. The van der Waals surface area contributed by atoms with E-state index in [1.54, 1.807) is 0 Å². The Morgan fingerprint density at radius 2 is 1.93 bits per heavy atom. The average molecular weight is 375 g/mol. The molecule has 0 saturated carbocycles. The highest BCUT2D eigenvalue weighted by Crippen LogP contribution is 2.25. The van der Waals surface area contributed by atoms with Crippen molar-refractivity contribution in [2.45, 2.75) is 31.7 Å². The van der Waals surface area contributed by atoms with Gasteiger partial charge >= 0.3 is 0 Å². The van der Waals surface area contributed by atoms with Crippen LogP contribution < -0.4 is 5.32 Å². The second kappa shape index (κ2) is 8.24.